The SMILES string of the molecule is CC.CC(C)c1cccc(C=O)c1.CNCCN(C)C. The van der Waals surface area contributed by atoms with Crippen LogP contribution in [0.1, 0.15) is 49.5 Å². The highest BCUT2D eigenvalue weighted by molar-refractivity contribution is 5.74. The lowest BCUT2D eigenvalue weighted by molar-refractivity contribution is 0.112. The van der Waals surface area contributed by atoms with Crippen LogP contribution in [0.3, 0.4) is 0 Å². The van der Waals surface area contributed by atoms with E-state index < -0.39 is 0 Å². The molecule has 0 fully saturated rings. The minimum absolute atomic E-state index is 0.495. The summed E-state index contributed by atoms with van der Waals surface area (Å²) < 4.78 is 0. The molecule has 1 N–H and O–H groups in total. The van der Waals surface area contributed by atoms with E-state index in [4.69, 9.17) is 0 Å². The summed E-state index contributed by atoms with van der Waals surface area (Å²) in [6, 6.07) is 7.70. The van der Waals surface area contributed by atoms with Crippen molar-refractivity contribution in [1.82, 2.24) is 10.2 Å². The highest BCUT2D eigenvalue weighted by Crippen LogP contribution is 2.14. The van der Waals surface area contributed by atoms with E-state index in [1.807, 2.05) is 45.2 Å². The number of benzene rings is 1. The molecule has 0 unspecified atom stereocenters. The highest BCUT2D eigenvalue weighted by atomic mass is 16.1. The Hall–Kier alpha value is -1.19. The third-order valence-corrected chi connectivity index (χ3v) is 2.52. The fourth-order valence-electron chi connectivity index (χ4n) is 1.33. The van der Waals surface area contributed by atoms with Gasteiger partial charge in [-0.15, -0.1) is 0 Å². The fraction of sp³-hybridized carbons (Fsp3) is 0.588. The zero-order chi connectivity index (χ0) is 16.0. The van der Waals surface area contributed by atoms with E-state index in [2.05, 4.69) is 38.2 Å². The van der Waals surface area contributed by atoms with Gasteiger partial charge in [0.25, 0.3) is 0 Å². The molecule has 0 heterocycles. The third kappa shape index (κ3) is 11.9. The largest absolute Gasteiger partial charge is 0.318 e. The van der Waals surface area contributed by atoms with Crippen molar-refractivity contribution in [3.8, 4) is 0 Å². The van der Waals surface area contributed by atoms with Crippen LogP contribution in [0.2, 0.25) is 0 Å². The standard InChI is InChI=1S/C10H12O.C5H14N2.C2H6/c1-8(2)10-5-3-4-9(6-10)7-11;1-6-4-5-7(2)3;1-2/h3-8H,1-2H3;6H,4-5H2,1-3H3;1-2H3. The Morgan fingerprint density at radius 1 is 1.25 bits per heavy atom. The Labute approximate surface area is 125 Å². The molecule has 0 radical (unpaired) electrons. The van der Waals surface area contributed by atoms with Crippen molar-refractivity contribution in [3.63, 3.8) is 0 Å². The van der Waals surface area contributed by atoms with Gasteiger partial charge in [-0.3, -0.25) is 4.79 Å². The van der Waals surface area contributed by atoms with Crippen LogP contribution in [0.15, 0.2) is 24.3 Å². The smallest absolute Gasteiger partial charge is 0.150 e. The van der Waals surface area contributed by atoms with Crippen LogP contribution in [0.5, 0.6) is 0 Å². The van der Waals surface area contributed by atoms with E-state index in [9.17, 15) is 4.79 Å². The minimum atomic E-state index is 0.495. The van der Waals surface area contributed by atoms with Gasteiger partial charge in [-0.05, 0) is 38.7 Å². The van der Waals surface area contributed by atoms with Crippen LogP contribution in [0.4, 0.5) is 0 Å². The number of likely N-dealkylation sites (N-methyl/N-ethyl adjacent to an activating group) is 2. The summed E-state index contributed by atoms with van der Waals surface area (Å²) in [5.41, 5.74) is 1.98. The molecule has 0 amide bonds. The van der Waals surface area contributed by atoms with Crippen LogP contribution in [0, 0.1) is 0 Å². The highest BCUT2D eigenvalue weighted by Gasteiger charge is 1.98. The van der Waals surface area contributed by atoms with Gasteiger partial charge in [0, 0.05) is 18.7 Å². The lowest BCUT2D eigenvalue weighted by atomic mass is 10.0. The predicted octanol–water partition coefficient (Wildman–Crippen LogP) is 3.42. The molecular formula is C17H32N2O. The summed E-state index contributed by atoms with van der Waals surface area (Å²) in [6.45, 7) is 10.4. The Bertz CT molecular complexity index is 336. The normalized spacial score (nSPS) is 9.45. The van der Waals surface area contributed by atoms with Gasteiger partial charge >= 0.3 is 0 Å². The van der Waals surface area contributed by atoms with Crippen LogP contribution < -0.4 is 5.32 Å². The molecule has 0 aliphatic rings. The number of aldehydes is 1. The Morgan fingerprint density at radius 2 is 1.85 bits per heavy atom. The first-order valence-corrected chi connectivity index (χ1v) is 7.35. The first kappa shape index (κ1) is 21.1. The second kappa shape index (κ2) is 14.2. The van der Waals surface area contributed by atoms with Crippen molar-refractivity contribution in [1.29, 1.82) is 0 Å². The number of nitrogens with one attached hydrogen (secondary N) is 1. The van der Waals surface area contributed by atoms with E-state index in [-0.39, 0.29) is 0 Å². The third-order valence-electron chi connectivity index (χ3n) is 2.52. The van der Waals surface area contributed by atoms with E-state index >= 15 is 0 Å². The number of hydrogen-bond acceptors (Lipinski definition) is 3. The van der Waals surface area contributed by atoms with Gasteiger partial charge in [0.1, 0.15) is 6.29 Å². The molecule has 20 heavy (non-hydrogen) atoms. The summed E-state index contributed by atoms with van der Waals surface area (Å²) in [6.07, 6.45) is 0.881. The Morgan fingerprint density at radius 3 is 2.20 bits per heavy atom. The van der Waals surface area contributed by atoms with Crippen LogP contribution >= 0.6 is 0 Å². The summed E-state index contributed by atoms with van der Waals surface area (Å²) in [5, 5.41) is 3.06. The Balaban J connectivity index is 0. The second-order valence-corrected chi connectivity index (χ2v) is 4.85. The molecule has 0 aliphatic carbocycles. The van der Waals surface area contributed by atoms with Gasteiger partial charge in [-0.1, -0.05) is 45.9 Å². The molecule has 0 saturated heterocycles. The molecule has 116 valence electrons. The molecule has 0 aliphatic heterocycles. The van der Waals surface area contributed by atoms with Crippen molar-refractivity contribution in [2.45, 2.75) is 33.6 Å². The van der Waals surface area contributed by atoms with Crippen molar-refractivity contribution >= 4 is 6.29 Å². The van der Waals surface area contributed by atoms with Gasteiger partial charge in [0.2, 0.25) is 0 Å². The topological polar surface area (TPSA) is 32.3 Å². The maximum absolute atomic E-state index is 10.4. The van der Waals surface area contributed by atoms with E-state index in [1.165, 1.54) is 5.56 Å². The van der Waals surface area contributed by atoms with Gasteiger partial charge < -0.3 is 10.2 Å². The minimum Gasteiger partial charge on any atom is -0.318 e. The molecule has 1 aromatic carbocycles. The van der Waals surface area contributed by atoms with Crippen molar-refractivity contribution in [3.05, 3.63) is 35.4 Å². The zero-order valence-electron chi connectivity index (χ0n) is 14.2. The zero-order valence-corrected chi connectivity index (χ0v) is 14.2. The summed E-state index contributed by atoms with van der Waals surface area (Å²) in [5.74, 6) is 0.495. The van der Waals surface area contributed by atoms with Crippen molar-refractivity contribution in [2.24, 2.45) is 0 Å². The Kier molecular flexibility index (Phi) is 15.0. The molecule has 3 nitrogen and oxygen atoms in total. The number of rotatable bonds is 5. The molecule has 0 atom stereocenters. The first-order valence-electron chi connectivity index (χ1n) is 7.35. The second-order valence-electron chi connectivity index (χ2n) is 4.85. The lowest BCUT2D eigenvalue weighted by Crippen LogP contribution is -2.23. The predicted molar refractivity (Wildman–Crippen MR) is 89.7 cm³/mol. The van der Waals surface area contributed by atoms with Gasteiger partial charge in [-0.2, -0.15) is 0 Å². The maximum Gasteiger partial charge on any atom is 0.150 e. The summed E-state index contributed by atoms with van der Waals surface area (Å²) in [4.78, 5) is 12.5. The van der Waals surface area contributed by atoms with Crippen LogP contribution in [-0.2, 0) is 0 Å². The number of carbonyl (C=O) groups excluding carboxylic acids is 1. The van der Waals surface area contributed by atoms with Crippen LogP contribution in [0.25, 0.3) is 0 Å². The lowest BCUT2D eigenvalue weighted by Gasteiger charge is -2.06. The fourth-order valence-corrected chi connectivity index (χ4v) is 1.33. The first-order chi connectivity index (χ1) is 9.51. The average Bonchev–Trinajstić information content (AvgIpc) is 2.47. The summed E-state index contributed by atoms with van der Waals surface area (Å²) in [7, 11) is 6.10. The molecule has 0 spiro atoms. The van der Waals surface area contributed by atoms with E-state index in [0.29, 0.717) is 5.92 Å². The molecular weight excluding hydrogens is 248 g/mol. The molecule has 0 saturated carbocycles. The van der Waals surface area contributed by atoms with Crippen molar-refractivity contribution in [2.75, 3.05) is 34.2 Å². The number of carbonyl (C=O) groups is 1. The molecule has 3 heteroatoms. The molecule has 0 bridgehead atoms. The van der Waals surface area contributed by atoms with E-state index in [0.717, 1.165) is 24.9 Å². The molecule has 0 aromatic heterocycles. The number of hydrogen-bond donors (Lipinski definition) is 1. The molecule has 1 rings (SSSR count). The van der Waals surface area contributed by atoms with Gasteiger partial charge in [0.05, 0.1) is 0 Å². The van der Waals surface area contributed by atoms with Crippen LogP contribution in [-0.4, -0.2) is 45.4 Å². The molecule has 1 aromatic rings. The maximum atomic E-state index is 10.4. The van der Waals surface area contributed by atoms with Gasteiger partial charge in [0.15, 0.2) is 0 Å². The van der Waals surface area contributed by atoms with E-state index in [1.54, 1.807) is 0 Å². The quantitative estimate of drug-likeness (QED) is 0.839. The number of nitrogens with zero attached hydrogens (tertiary/aromatic N) is 1. The average molecular weight is 280 g/mol. The monoisotopic (exact) mass is 280 g/mol. The van der Waals surface area contributed by atoms with Crippen molar-refractivity contribution < 1.29 is 4.79 Å². The summed E-state index contributed by atoms with van der Waals surface area (Å²) >= 11 is 0. The van der Waals surface area contributed by atoms with Gasteiger partial charge in [-0.25, -0.2) is 0 Å².